The lowest BCUT2D eigenvalue weighted by molar-refractivity contribution is -0.121. The van der Waals surface area contributed by atoms with Crippen LogP contribution in [0.4, 0.5) is 0 Å². The number of nitrogens with zero attached hydrogens (tertiary/aromatic N) is 3. The molecule has 0 aliphatic heterocycles. The van der Waals surface area contributed by atoms with Gasteiger partial charge in [0.05, 0.1) is 10.6 Å². The molecule has 8 nitrogen and oxygen atoms in total. The van der Waals surface area contributed by atoms with Crippen molar-refractivity contribution in [1.82, 2.24) is 20.4 Å². The van der Waals surface area contributed by atoms with Crippen LogP contribution in [-0.4, -0.2) is 41.7 Å². The van der Waals surface area contributed by atoms with Gasteiger partial charge in [0.15, 0.2) is 9.84 Å². The lowest BCUT2D eigenvalue weighted by Gasteiger charge is -2.06. The normalized spacial score (nSPS) is 11.3. The molecule has 1 aromatic carbocycles. The molecule has 1 N–H and O–H groups in total. The fourth-order valence-corrected chi connectivity index (χ4v) is 3.53. The monoisotopic (exact) mass is 386 g/mol. The maximum atomic E-state index is 12.1. The maximum absolute atomic E-state index is 12.1. The second kappa shape index (κ2) is 8.54. The first-order chi connectivity index (χ1) is 13.0. The molecular formula is C18H18N4O4S. The fraction of sp³-hybridized carbons (Fsp3) is 0.222. The first-order valence-corrected chi connectivity index (χ1v) is 9.97. The summed E-state index contributed by atoms with van der Waals surface area (Å²) in [4.78, 5) is 20.3. The van der Waals surface area contributed by atoms with Crippen LogP contribution in [-0.2, 0) is 21.1 Å². The van der Waals surface area contributed by atoms with Gasteiger partial charge >= 0.3 is 0 Å². The smallest absolute Gasteiger partial charge is 0.227 e. The number of carbonyl (C=O) groups excluding carboxylic acids is 1. The molecule has 0 saturated heterocycles. The molecule has 2 aromatic heterocycles. The summed E-state index contributed by atoms with van der Waals surface area (Å²) in [6.45, 7) is 0.0438. The zero-order valence-corrected chi connectivity index (χ0v) is 15.2. The molecule has 2 heterocycles. The second-order valence-electron chi connectivity index (χ2n) is 5.73. The van der Waals surface area contributed by atoms with Crippen LogP contribution in [0.2, 0.25) is 0 Å². The number of pyridine rings is 1. The standard InChI is InChI=1S/C18H18N4O4S/c23-16(20-12-13-27(24,25)15-4-2-1-3-5-15)6-7-17-21-18(22-26-17)14-8-10-19-11-9-14/h1-5,8-11H,6-7,12-13H2,(H,20,23). The number of hydrogen-bond donors (Lipinski definition) is 1. The summed E-state index contributed by atoms with van der Waals surface area (Å²) in [6, 6.07) is 11.7. The van der Waals surface area contributed by atoms with Gasteiger partial charge in [0, 0.05) is 37.3 Å². The maximum Gasteiger partial charge on any atom is 0.227 e. The number of benzene rings is 1. The van der Waals surface area contributed by atoms with Gasteiger partial charge in [0.2, 0.25) is 17.6 Å². The van der Waals surface area contributed by atoms with Crippen molar-refractivity contribution in [1.29, 1.82) is 0 Å². The molecule has 0 aliphatic rings. The van der Waals surface area contributed by atoms with Crippen molar-refractivity contribution >= 4 is 15.7 Å². The molecule has 0 radical (unpaired) electrons. The van der Waals surface area contributed by atoms with Gasteiger partial charge in [-0.05, 0) is 24.3 Å². The van der Waals surface area contributed by atoms with E-state index in [2.05, 4.69) is 20.4 Å². The summed E-state index contributed by atoms with van der Waals surface area (Å²) >= 11 is 0. The van der Waals surface area contributed by atoms with Crippen molar-refractivity contribution in [2.24, 2.45) is 0 Å². The zero-order chi connectivity index (χ0) is 19.1. The fourth-order valence-electron chi connectivity index (χ4n) is 2.35. The number of aryl methyl sites for hydroxylation is 1. The lowest BCUT2D eigenvalue weighted by atomic mass is 10.2. The number of sulfone groups is 1. The summed E-state index contributed by atoms with van der Waals surface area (Å²) < 4.78 is 29.4. The van der Waals surface area contributed by atoms with Crippen LogP contribution in [0.5, 0.6) is 0 Å². The van der Waals surface area contributed by atoms with Crippen LogP contribution in [0.25, 0.3) is 11.4 Å². The van der Waals surface area contributed by atoms with Gasteiger partial charge in [0.25, 0.3) is 0 Å². The third kappa shape index (κ3) is 5.20. The third-order valence-electron chi connectivity index (χ3n) is 3.77. The molecule has 27 heavy (non-hydrogen) atoms. The summed E-state index contributed by atoms with van der Waals surface area (Å²) in [5.41, 5.74) is 0.774. The molecule has 9 heteroatoms. The Morgan fingerprint density at radius 1 is 1.07 bits per heavy atom. The quantitative estimate of drug-likeness (QED) is 0.626. The molecule has 3 aromatic rings. The molecule has 0 unspecified atom stereocenters. The van der Waals surface area contributed by atoms with Crippen LogP contribution in [0, 0.1) is 0 Å². The van der Waals surface area contributed by atoms with Crippen LogP contribution in [0.3, 0.4) is 0 Å². The minimum atomic E-state index is -3.41. The molecule has 0 fully saturated rings. The predicted octanol–water partition coefficient (Wildman–Crippen LogP) is 1.65. The summed E-state index contributed by atoms with van der Waals surface area (Å²) in [7, 11) is -3.41. The van der Waals surface area contributed by atoms with E-state index in [1.54, 1.807) is 42.7 Å². The molecular weight excluding hydrogens is 368 g/mol. The molecule has 0 bridgehead atoms. The topological polar surface area (TPSA) is 115 Å². The van der Waals surface area contributed by atoms with Gasteiger partial charge in [-0.3, -0.25) is 9.78 Å². The Bertz CT molecular complexity index is 988. The SMILES string of the molecule is O=C(CCc1nc(-c2ccncc2)no1)NCCS(=O)(=O)c1ccccc1. The summed E-state index contributed by atoms with van der Waals surface area (Å²) in [6.07, 6.45) is 3.66. The molecule has 0 atom stereocenters. The average Bonchev–Trinajstić information content (AvgIpc) is 3.17. The van der Waals surface area contributed by atoms with Crippen LogP contribution in [0.1, 0.15) is 12.3 Å². The number of amides is 1. The molecule has 0 spiro atoms. The van der Waals surface area contributed by atoms with E-state index in [-0.39, 0.29) is 35.9 Å². The van der Waals surface area contributed by atoms with Crippen molar-refractivity contribution in [3.8, 4) is 11.4 Å². The van der Waals surface area contributed by atoms with Crippen molar-refractivity contribution < 1.29 is 17.7 Å². The Labute approximate surface area is 156 Å². The zero-order valence-electron chi connectivity index (χ0n) is 14.4. The van der Waals surface area contributed by atoms with Crippen molar-refractivity contribution in [2.75, 3.05) is 12.3 Å². The van der Waals surface area contributed by atoms with Crippen LogP contribution in [0.15, 0.2) is 64.3 Å². The van der Waals surface area contributed by atoms with Gasteiger partial charge in [-0.25, -0.2) is 8.42 Å². The minimum absolute atomic E-state index is 0.0438. The Kier molecular flexibility index (Phi) is 5.92. The van der Waals surface area contributed by atoms with E-state index in [9.17, 15) is 13.2 Å². The first kappa shape index (κ1) is 18.7. The van der Waals surface area contributed by atoms with Gasteiger partial charge in [0.1, 0.15) is 0 Å². The van der Waals surface area contributed by atoms with Gasteiger partial charge in [-0.2, -0.15) is 4.98 Å². The number of hydrogen-bond acceptors (Lipinski definition) is 7. The summed E-state index contributed by atoms with van der Waals surface area (Å²) in [5.74, 6) is 0.340. The number of aromatic nitrogens is 3. The van der Waals surface area contributed by atoms with E-state index in [4.69, 9.17) is 4.52 Å². The largest absolute Gasteiger partial charge is 0.355 e. The average molecular weight is 386 g/mol. The Morgan fingerprint density at radius 2 is 1.81 bits per heavy atom. The second-order valence-corrected chi connectivity index (χ2v) is 7.84. The van der Waals surface area contributed by atoms with E-state index in [0.717, 1.165) is 5.56 Å². The third-order valence-corrected chi connectivity index (χ3v) is 5.50. The van der Waals surface area contributed by atoms with Gasteiger partial charge in [-0.15, -0.1) is 0 Å². The number of nitrogens with one attached hydrogen (secondary N) is 1. The highest BCUT2D eigenvalue weighted by atomic mass is 32.2. The Balaban J connectivity index is 1.45. The number of rotatable bonds is 8. The van der Waals surface area contributed by atoms with Crippen LogP contribution < -0.4 is 5.32 Å². The van der Waals surface area contributed by atoms with Gasteiger partial charge < -0.3 is 9.84 Å². The van der Waals surface area contributed by atoms with Crippen molar-refractivity contribution in [3.63, 3.8) is 0 Å². The molecule has 3 rings (SSSR count). The van der Waals surface area contributed by atoms with E-state index in [0.29, 0.717) is 11.7 Å². The highest BCUT2D eigenvalue weighted by molar-refractivity contribution is 7.91. The highest BCUT2D eigenvalue weighted by Crippen LogP contribution is 2.14. The molecule has 1 amide bonds. The van der Waals surface area contributed by atoms with E-state index in [1.807, 2.05) is 0 Å². The van der Waals surface area contributed by atoms with E-state index >= 15 is 0 Å². The van der Waals surface area contributed by atoms with Crippen molar-refractivity contribution in [3.05, 3.63) is 60.7 Å². The Morgan fingerprint density at radius 3 is 2.56 bits per heavy atom. The summed E-state index contributed by atoms with van der Waals surface area (Å²) in [5, 5.41) is 6.47. The molecule has 140 valence electrons. The Hall–Kier alpha value is -3.07. The lowest BCUT2D eigenvalue weighted by Crippen LogP contribution is -2.29. The first-order valence-electron chi connectivity index (χ1n) is 8.32. The number of carbonyl (C=O) groups is 1. The molecule has 0 saturated carbocycles. The van der Waals surface area contributed by atoms with Crippen molar-refractivity contribution in [2.45, 2.75) is 17.7 Å². The highest BCUT2D eigenvalue weighted by Gasteiger charge is 2.15. The molecule has 0 aliphatic carbocycles. The van der Waals surface area contributed by atoms with Gasteiger partial charge in [-0.1, -0.05) is 23.4 Å². The van der Waals surface area contributed by atoms with Crippen LogP contribution >= 0.6 is 0 Å². The van der Waals surface area contributed by atoms with E-state index < -0.39 is 9.84 Å². The predicted molar refractivity (Wildman–Crippen MR) is 97.4 cm³/mol. The van der Waals surface area contributed by atoms with E-state index in [1.165, 1.54) is 12.1 Å². The minimum Gasteiger partial charge on any atom is -0.355 e.